The number of ether oxygens (including phenoxy) is 2. The van der Waals surface area contributed by atoms with Gasteiger partial charge in [0.05, 0.1) is 0 Å². The highest BCUT2D eigenvalue weighted by Gasteiger charge is 2.23. The lowest BCUT2D eigenvalue weighted by Gasteiger charge is -2.29. The molecule has 4 N–H and O–H groups in total. The third-order valence-electron chi connectivity index (χ3n) is 5.26. The number of rotatable bonds is 17. The van der Waals surface area contributed by atoms with Crippen LogP contribution in [-0.4, -0.2) is 95.8 Å². The number of nitrogens with one attached hydrogen (secondary N) is 4. The minimum absolute atomic E-state index is 0.332. The van der Waals surface area contributed by atoms with Crippen LogP contribution >= 0.6 is 24.4 Å². The Hall–Kier alpha value is -2.08. The number of thiocarbonyl (C=S) groups is 2. The molecule has 0 fully saturated rings. The smallest absolute Gasteiger partial charge is 0.410 e. The number of hydrogen-bond acceptors (Lipinski definition) is 6. The summed E-state index contributed by atoms with van der Waals surface area (Å²) < 4.78 is 11.3. The van der Waals surface area contributed by atoms with E-state index in [4.69, 9.17) is 33.9 Å². The number of carbonyl (C=O) groups excluding carboxylic acids is 2. The third-order valence-corrected chi connectivity index (χ3v) is 5.84. The SMILES string of the molecule is CCCNC(=S)NCCCN(CCCCN(CCCNC(=S)NCCC)C(=O)OC(C)(C)C)C(=O)OC(C)(C)C. The Bertz CT molecular complexity index is 694. The van der Waals surface area contributed by atoms with E-state index in [1.54, 1.807) is 9.80 Å². The summed E-state index contributed by atoms with van der Waals surface area (Å²) in [6.07, 6.45) is 4.27. The molecule has 0 saturated heterocycles. The minimum atomic E-state index is -0.574. The number of nitrogens with zero attached hydrogens (tertiary/aromatic N) is 2. The van der Waals surface area contributed by atoms with Crippen LogP contribution in [0.1, 0.15) is 93.9 Å². The van der Waals surface area contributed by atoms with Crippen LogP contribution in [0.3, 0.4) is 0 Å². The molecule has 0 aliphatic rings. The van der Waals surface area contributed by atoms with Crippen LogP contribution in [0.4, 0.5) is 9.59 Å². The molecule has 2 amide bonds. The molecule has 10 nitrogen and oxygen atoms in total. The van der Waals surface area contributed by atoms with Crippen molar-refractivity contribution >= 4 is 46.8 Å². The highest BCUT2D eigenvalue weighted by Crippen LogP contribution is 2.13. The maximum absolute atomic E-state index is 12.9. The van der Waals surface area contributed by atoms with Gasteiger partial charge in [-0.15, -0.1) is 0 Å². The monoisotopic (exact) mass is 604 g/mol. The molecule has 234 valence electrons. The van der Waals surface area contributed by atoms with Crippen LogP contribution in [0.2, 0.25) is 0 Å². The van der Waals surface area contributed by atoms with E-state index in [-0.39, 0.29) is 12.2 Å². The zero-order valence-electron chi connectivity index (χ0n) is 26.2. The van der Waals surface area contributed by atoms with Crippen molar-refractivity contribution in [3.8, 4) is 0 Å². The Morgan fingerprint density at radius 3 is 1.18 bits per heavy atom. The fraction of sp³-hybridized carbons (Fsp3) is 0.857. The van der Waals surface area contributed by atoms with Gasteiger partial charge in [0, 0.05) is 52.4 Å². The number of carbonyl (C=O) groups is 2. The fourth-order valence-corrected chi connectivity index (χ4v) is 3.80. The molecule has 0 bridgehead atoms. The lowest BCUT2D eigenvalue weighted by molar-refractivity contribution is 0.0208. The molecule has 12 heteroatoms. The predicted octanol–water partition coefficient (Wildman–Crippen LogP) is 4.77. The summed E-state index contributed by atoms with van der Waals surface area (Å²) in [5, 5.41) is 13.9. The van der Waals surface area contributed by atoms with Gasteiger partial charge in [-0.1, -0.05) is 13.8 Å². The van der Waals surface area contributed by atoms with Crippen molar-refractivity contribution in [3.05, 3.63) is 0 Å². The van der Waals surface area contributed by atoms with Crippen molar-refractivity contribution in [2.24, 2.45) is 0 Å². The van der Waals surface area contributed by atoms with E-state index in [1.165, 1.54) is 0 Å². The number of hydrogen-bond donors (Lipinski definition) is 4. The van der Waals surface area contributed by atoms with E-state index < -0.39 is 11.2 Å². The topological polar surface area (TPSA) is 107 Å². The van der Waals surface area contributed by atoms with Gasteiger partial charge in [0.2, 0.25) is 0 Å². The van der Waals surface area contributed by atoms with Crippen LogP contribution < -0.4 is 21.3 Å². The summed E-state index contributed by atoms with van der Waals surface area (Å²) in [4.78, 5) is 29.2. The highest BCUT2D eigenvalue weighted by molar-refractivity contribution is 7.80. The van der Waals surface area contributed by atoms with Gasteiger partial charge in [-0.3, -0.25) is 0 Å². The molecule has 0 saturated carbocycles. The molecule has 0 aliphatic carbocycles. The van der Waals surface area contributed by atoms with Crippen molar-refractivity contribution in [2.75, 3.05) is 52.4 Å². The van der Waals surface area contributed by atoms with E-state index in [0.717, 1.165) is 51.6 Å². The molecule has 0 aliphatic heterocycles. The second-order valence-corrected chi connectivity index (χ2v) is 12.5. The summed E-state index contributed by atoms with van der Waals surface area (Å²) in [7, 11) is 0. The Kier molecular flexibility index (Phi) is 19.7. The normalized spacial score (nSPS) is 11.3. The second kappa shape index (κ2) is 20.7. The largest absolute Gasteiger partial charge is 0.444 e. The van der Waals surface area contributed by atoms with Gasteiger partial charge in [-0.05, 0) is 105 Å². The fourth-order valence-electron chi connectivity index (χ4n) is 3.39. The standard InChI is InChI=1S/C28H56N6O4S2/c1-9-15-29-23(39)31-17-13-21-33(25(35)37-27(3,4)5)19-11-12-20-34(26(36)38-28(6,7)8)22-14-18-32-24(40)30-16-10-2/h9-22H2,1-8H3,(H2,29,31,39)(H2,30,32,40). The van der Waals surface area contributed by atoms with E-state index in [9.17, 15) is 9.59 Å². The Labute approximate surface area is 254 Å². The summed E-state index contributed by atoms with van der Waals surface area (Å²) in [5.41, 5.74) is -1.15. The van der Waals surface area contributed by atoms with Crippen molar-refractivity contribution < 1.29 is 19.1 Å². The van der Waals surface area contributed by atoms with Gasteiger partial charge in [0.1, 0.15) is 11.2 Å². The van der Waals surface area contributed by atoms with E-state index >= 15 is 0 Å². The molecule has 0 aromatic rings. The summed E-state index contributed by atoms with van der Waals surface area (Å²) in [5.74, 6) is 0. The van der Waals surface area contributed by atoms with Crippen molar-refractivity contribution in [1.82, 2.24) is 31.1 Å². The van der Waals surface area contributed by atoms with Gasteiger partial charge >= 0.3 is 12.2 Å². The molecule has 0 unspecified atom stereocenters. The Morgan fingerprint density at radius 1 is 0.575 bits per heavy atom. The average Bonchev–Trinajstić information content (AvgIpc) is 2.83. The molecule has 0 aromatic heterocycles. The Balaban J connectivity index is 4.91. The predicted molar refractivity (Wildman–Crippen MR) is 172 cm³/mol. The van der Waals surface area contributed by atoms with Crippen LogP contribution in [0, 0.1) is 0 Å². The minimum Gasteiger partial charge on any atom is -0.444 e. The summed E-state index contributed by atoms with van der Waals surface area (Å²) in [6.45, 7) is 20.5. The molecule has 0 spiro atoms. The van der Waals surface area contributed by atoms with Gasteiger partial charge in [0.25, 0.3) is 0 Å². The number of unbranched alkanes of at least 4 members (excludes halogenated alkanes) is 1. The van der Waals surface area contributed by atoms with Crippen molar-refractivity contribution in [1.29, 1.82) is 0 Å². The quantitative estimate of drug-likeness (QED) is 0.137. The van der Waals surface area contributed by atoms with E-state index in [0.29, 0.717) is 49.5 Å². The maximum atomic E-state index is 12.9. The first kappa shape index (κ1) is 37.9. The molecular weight excluding hydrogens is 548 g/mol. The van der Waals surface area contributed by atoms with Gasteiger partial charge in [-0.25, -0.2) is 9.59 Å². The van der Waals surface area contributed by atoms with Crippen molar-refractivity contribution in [3.63, 3.8) is 0 Å². The molecule has 0 heterocycles. The third kappa shape index (κ3) is 21.7. The van der Waals surface area contributed by atoms with Crippen molar-refractivity contribution in [2.45, 2.75) is 105 Å². The molecular formula is C28H56N6O4S2. The lowest BCUT2D eigenvalue weighted by atomic mass is 10.2. The maximum Gasteiger partial charge on any atom is 0.410 e. The summed E-state index contributed by atoms with van der Waals surface area (Å²) >= 11 is 10.5. The first-order valence-electron chi connectivity index (χ1n) is 14.7. The zero-order chi connectivity index (χ0) is 30.6. The van der Waals surface area contributed by atoms with Gasteiger partial charge < -0.3 is 40.5 Å². The molecule has 0 rings (SSSR count). The van der Waals surface area contributed by atoms with E-state index in [1.807, 2.05) is 41.5 Å². The van der Waals surface area contributed by atoms with Gasteiger partial charge in [-0.2, -0.15) is 0 Å². The summed E-state index contributed by atoms with van der Waals surface area (Å²) in [6, 6.07) is 0. The molecule has 0 aromatic carbocycles. The number of amides is 2. The first-order chi connectivity index (χ1) is 18.7. The average molecular weight is 605 g/mol. The van der Waals surface area contributed by atoms with Crippen LogP contribution in [0.15, 0.2) is 0 Å². The second-order valence-electron chi connectivity index (χ2n) is 11.7. The van der Waals surface area contributed by atoms with Crippen LogP contribution in [0.25, 0.3) is 0 Å². The molecule has 0 atom stereocenters. The molecule has 40 heavy (non-hydrogen) atoms. The van der Waals surface area contributed by atoms with E-state index in [2.05, 4.69) is 35.1 Å². The zero-order valence-corrected chi connectivity index (χ0v) is 27.9. The van der Waals surface area contributed by atoms with Gasteiger partial charge in [0.15, 0.2) is 10.2 Å². The first-order valence-corrected chi connectivity index (χ1v) is 15.5. The van der Waals surface area contributed by atoms with Crippen LogP contribution in [0.5, 0.6) is 0 Å². The highest BCUT2D eigenvalue weighted by atomic mass is 32.1. The lowest BCUT2D eigenvalue weighted by Crippen LogP contribution is -2.41. The Morgan fingerprint density at radius 2 is 0.875 bits per heavy atom. The van der Waals surface area contributed by atoms with Crippen LogP contribution in [-0.2, 0) is 9.47 Å². The molecule has 0 radical (unpaired) electrons.